The smallest absolute Gasteiger partial charge is 0.0919 e. The van der Waals surface area contributed by atoms with Gasteiger partial charge < -0.3 is 26.6 Å². The second kappa shape index (κ2) is 13.2. The Morgan fingerprint density at radius 2 is 1.67 bits per heavy atom. The molecule has 3 fully saturated rings. The van der Waals surface area contributed by atoms with Gasteiger partial charge in [-0.1, -0.05) is 65.5 Å². The van der Waals surface area contributed by atoms with E-state index in [4.69, 9.17) is 5.73 Å². The molecule has 9 atom stereocenters. The summed E-state index contributed by atoms with van der Waals surface area (Å²) >= 11 is 0. The van der Waals surface area contributed by atoms with Crippen LogP contribution in [0.1, 0.15) is 118 Å². The average molecular weight is 546 g/mol. The van der Waals surface area contributed by atoms with Gasteiger partial charge in [0.2, 0.25) is 0 Å². The van der Waals surface area contributed by atoms with Gasteiger partial charge in [-0.15, -0.1) is 0 Å². The number of rotatable bonds is 14. The van der Waals surface area contributed by atoms with E-state index in [1.807, 2.05) is 0 Å². The number of nitrogens with two attached hydrogens (primary N) is 1. The minimum absolute atomic E-state index is 0.0706. The van der Waals surface area contributed by atoms with Gasteiger partial charge in [-0.3, -0.25) is 0 Å². The summed E-state index contributed by atoms with van der Waals surface area (Å²) in [5, 5.41) is 30.4. The Kier molecular flexibility index (Phi) is 10.7. The molecule has 4 rings (SSSR count). The van der Waals surface area contributed by atoms with Crippen LogP contribution in [0.2, 0.25) is 0 Å². The molecule has 0 aromatic rings. The lowest BCUT2D eigenvalue weighted by molar-refractivity contribution is -0.181. The molecule has 0 aromatic heterocycles. The Balaban J connectivity index is 1.50. The van der Waals surface area contributed by atoms with Crippen molar-refractivity contribution in [1.29, 1.82) is 0 Å². The number of aliphatic hydroxyl groups is 2. The first-order chi connectivity index (χ1) is 18.6. The molecule has 3 unspecified atom stereocenters. The van der Waals surface area contributed by atoms with Crippen LogP contribution in [-0.2, 0) is 0 Å². The van der Waals surface area contributed by atoms with E-state index in [1.165, 1.54) is 44.9 Å². The fourth-order valence-electron chi connectivity index (χ4n) is 9.82. The minimum Gasteiger partial charge on any atom is -0.393 e. The van der Waals surface area contributed by atoms with Crippen molar-refractivity contribution in [2.24, 2.45) is 46.2 Å². The molecule has 4 aliphatic rings. The van der Waals surface area contributed by atoms with E-state index in [-0.39, 0.29) is 11.5 Å². The van der Waals surface area contributed by atoms with E-state index in [0.717, 1.165) is 76.0 Å². The molecule has 4 aliphatic carbocycles. The Morgan fingerprint density at radius 3 is 2.41 bits per heavy atom. The summed E-state index contributed by atoms with van der Waals surface area (Å²) in [4.78, 5) is 0. The van der Waals surface area contributed by atoms with Crippen LogP contribution in [0.25, 0.3) is 0 Å². The van der Waals surface area contributed by atoms with Crippen molar-refractivity contribution in [2.75, 3.05) is 26.2 Å². The molecule has 0 aliphatic heterocycles. The number of hydrogen-bond acceptors (Lipinski definition) is 5. The Labute approximate surface area is 240 Å². The lowest BCUT2D eigenvalue weighted by Crippen LogP contribution is -2.68. The van der Waals surface area contributed by atoms with Gasteiger partial charge in [0.25, 0.3) is 0 Å². The van der Waals surface area contributed by atoms with Crippen LogP contribution in [0.5, 0.6) is 0 Å². The summed E-state index contributed by atoms with van der Waals surface area (Å²) in [6, 6.07) is -0.0706. The molecule has 0 amide bonds. The highest BCUT2D eigenvalue weighted by Gasteiger charge is 2.64. The third-order valence-electron chi connectivity index (χ3n) is 12.2. The lowest BCUT2D eigenvalue weighted by Gasteiger charge is -2.63. The van der Waals surface area contributed by atoms with Crippen LogP contribution in [0, 0.1) is 40.4 Å². The summed E-state index contributed by atoms with van der Waals surface area (Å²) in [6.45, 7) is 15.9. The SMILES string of the molecule is CC(C)CCC[C@@H](C)[C@H]1CC[C@H]2C3=CC(NCCCCNCCCN)C4(O)CC(O)CC[C@]4(C)[C@H]3CC[C@]12C. The number of hydrogen-bond donors (Lipinski definition) is 5. The van der Waals surface area contributed by atoms with Crippen LogP contribution in [0.15, 0.2) is 11.6 Å². The van der Waals surface area contributed by atoms with E-state index in [2.05, 4.69) is 51.3 Å². The first kappa shape index (κ1) is 31.5. The largest absolute Gasteiger partial charge is 0.393 e. The molecular weight excluding hydrogens is 482 g/mol. The molecule has 0 saturated heterocycles. The predicted molar refractivity (Wildman–Crippen MR) is 163 cm³/mol. The number of unbranched alkanes of at least 4 members (excludes halogenated alkanes) is 1. The summed E-state index contributed by atoms with van der Waals surface area (Å²) in [7, 11) is 0. The van der Waals surface area contributed by atoms with E-state index in [9.17, 15) is 10.2 Å². The monoisotopic (exact) mass is 545 g/mol. The van der Waals surface area contributed by atoms with E-state index in [1.54, 1.807) is 5.57 Å². The summed E-state index contributed by atoms with van der Waals surface area (Å²) in [5.41, 5.74) is 6.61. The van der Waals surface area contributed by atoms with Crippen LogP contribution in [0.4, 0.5) is 0 Å². The maximum absolute atomic E-state index is 12.4. The van der Waals surface area contributed by atoms with Crippen molar-refractivity contribution in [3.63, 3.8) is 0 Å². The van der Waals surface area contributed by atoms with E-state index >= 15 is 0 Å². The van der Waals surface area contributed by atoms with Gasteiger partial charge in [0.15, 0.2) is 0 Å². The Hall–Kier alpha value is -0.460. The molecule has 3 saturated carbocycles. The highest BCUT2D eigenvalue weighted by atomic mass is 16.3. The molecule has 0 spiro atoms. The maximum atomic E-state index is 12.4. The van der Waals surface area contributed by atoms with Crippen molar-refractivity contribution < 1.29 is 10.2 Å². The zero-order chi connectivity index (χ0) is 28.3. The molecule has 5 heteroatoms. The van der Waals surface area contributed by atoms with Gasteiger partial charge in [0.1, 0.15) is 0 Å². The fourth-order valence-corrected chi connectivity index (χ4v) is 9.82. The van der Waals surface area contributed by atoms with Gasteiger partial charge in [-0.05, 0) is 119 Å². The first-order valence-corrected chi connectivity index (χ1v) is 16.8. The summed E-state index contributed by atoms with van der Waals surface area (Å²) in [5.74, 6) is 3.52. The summed E-state index contributed by atoms with van der Waals surface area (Å²) < 4.78 is 0. The lowest BCUT2D eigenvalue weighted by atomic mass is 9.45. The van der Waals surface area contributed by atoms with Crippen LogP contribution >= 0.6 is 0 Å². The molecule has 5 nitrogen and oxygen atoms in total. The Morgan fingerprint density at radius 1 is 0.923 bits per heavy atom. The van der Waals surface area contributed by atoms with Crippen molar-refractivity contribution in [3.05, 3.63) is 11.6 Å². The molecule has 0 radical (unpaired) electrons. The number of aliphatic hydroxyl groups excluding tert-OH is 1. The molecule has 39 heavy (non-hydrogen) atoms. The third kappa shape index (κ3) is 6.33. The Bertz CT molecular complexity index is 816. The van der Waals surface area contributed by atoms with Gasteiger partial charge >= 0.3 is 0 Å². The number of fused-ring (bicyclic) bond motifs is 5. The van der Waals surface area contributed by atoms with Crippen LogP contribution in [-0.4, -0.2) is 54.1 Å². The normalized spacial score (nSPS) is 40.6. The minimum atomic E-state index is -0.881. The van der Waals surface area contributed by atoms with Crippen molar-refractivity contribution >= 4 is 0 Å². The molecule has 0 heterocycles. The van der Waals surface area contributed by atoms with Gasteiger partial charge in [-0.2, -0.15) is 0 Å². The topological polar surface area (TPSA) is 90.5 Å². The molecule has 0 aromatic carbocycles. The third-order valence-corrected chi connectivity index (χ3v) is 12.2. The van der Waals surface area contributed by atoms with Crippen LogP contribution < -0.4 is 16.4 Å². The maximum Gasteiger partial charge on any atom is 0.0919 e. The number of allylic oxidation sites excluding steroid dienone is 1. The second-order valence-electron chi connectivity index (χ2n) is 15.1. The van der Waals surface area contributed by atoms with Gasteiger partial charge in [0, 0.05) is 11.8 Å². The molecule has 226 valence electrons. The molecule has 6 N–H and O–H groups in total. The fraction of sp³-hybridized carbons (Fsp3) is 0.941. The average Bonchev–Trinajstić information content (AvgIpc) is 3.24. The van der Waals surface area contributed by atoms with E-state index < -0.39 is 11.7 Å². The van der Waals surface area contributed by atoms with Gasteiger partial charge in [-0.25, -0.2) is 0 Å². The number of nitrogens with one attached hydrogen (secondary N) is 2. The van der Waals surface area contributed by atoms with Crippen molar-refractivity contribution in [3.8, 4) is 0 Å². The first-order valence-electron chi connectivity index (χ1n) is 16.8. The predicted octanol–water partition coefficient (Wildman–Crippen LogP) is 5.79. The summed E-state index contributed by atoms with van der Waals surface area (Å²) in [6.07, 6.45) is 16.8. The van der Waals surface area contributed by atoms with Crippen LogP contribution in [0.3, 0.4) is 0 Å². The second-order valence-corrected chi connectivity index (χ2v) is 15.1. The van der Waals surface area contributed by atoms with E-state index in [0.29, 0.717) is 23.7 Å². The van der Waals surface area contributed by atoms with Crippen molar-refractivity contribution in [2.45, 2.75) is 136 Å². The molecular formula is C34H63N3O2. The zero-order valence-electron chi connectivity index (χ0n) is 26.1. The molecule has 0 bridgehead atoms. The van der Waals surface area contributed by atoms with Gasteiger partial charge in [0.05, 0.1) is 17.7 Å². The quantitative estimate of drug-likeness (QED) is 0.141. The van der Waals surface area contributed by atoms with Crippen molar-refractivity contribution in [1.82, 2.24) is 10.6 Å². The highest BCUT2D eigenvalue weighted by Crippen LogP contribution is 2.67. The zero-order valence-corrected chi connectivity index (χ0v) is 26.1. The highest BCUT2D eigenvalue weighted by molar-refractivity contribution is 5.34. The standard InChI is InChI=1S/C34H63N3O2/c1-24(2)10-8-11-25(3)28-12-13-29-27-22-31(37-21-7-6-19-36-20-9-18-35)34(39)23-26(38)14-17-33(34,5)30(27)15-16-32(28,29)4/h22,24-26,28-31,36-39H,6-21,23,35H2,1-5H3/t25-,26?,28-,29+,30+,31?,32-,33-,34?/m1/s1.